The first kappa shape index (κ1) is 32.7. The van der Waals surface area contributed by atoms with Crippen molar-refractivity contribution >= 4 is 23.6 Å². The predicted molar refractivity (Wildman–Crippen MR) is 160 cm³/mol. The first-order chi connectivity index (χ1) is 18.8. The van der Waals surface area contributed by atoms with E-state index in [1.165, 1.54) is 0 Å². The van der Waals surface area contributed by atoms with Crippen molar-refractivity contribution in [2.75, 3.05) is 19.0 Å². The quantitative estimate of drug-likeness (QED) is 0.269. The number of aryl methyl sites for hydroxylation is 2. The summed E-state index contributed by atoms with van der Waals surface area (Å²) in [5, 5.41) is 5.65. The highest BCUT2D eigenvalue weighted by atomic mass is 16.6. The van der Waals surface area contributed by atoms with Gasteiger partial charge in [0, 0.05) is 12.2 Å². The van der Waals surface area contributed by atoms with Crippen molar-refractivity contribution in [1.82, 2.24) is 10.2 Å². The summed E-state index contributed by atoms with van der Waals surface area (Å²) >= 11 is 0. The van der Waals surface area contributed by atoms with Gasteiger partial charge in [0.2, 0.25) is 5.91 Å². The second-order valence-electron chi connectivity index (χ2n) is 11.4. The Morgan fingerprint density at radius 2 is 1.52 bits per heavy atom. The molecule has 0 saturated carbocycles. The summed E-state index contributed by atoms with van der Waals surface area (Å²) in [4.78, 5) is 42.0. The first-order valence-corrected chi connectivity index (χ1v) is 14.2. The number of hydrogen-bond donors (Lipinski definition) is 2. The van der Waals surface area contributed by atoms with Crippen LogP contribution >= 0.6 is 0 Å². The highest BCUT2D eigenvalue weighted by Gasteiger charge is 2.35. The molecular weight excluding hydrogens is 506 g/mol. The van der Waals surface area contributed by atoms with E-state index in [1.807, 2.05) is 32.0 Å². The van der Waals surface area contributed by atoms with Crippen molar-refractivity contribution < 1.29 is 23.9 Å². The van der Waals surface area contributed by atoms with Crippen molar-refractivity contribution in [3.63, 3.8) is 0 Å². The standard InChI is InChI=1S/C32H47N3O5/c1-9-10-11-12-13-18-35(30(37)24(4)33-31(38)40-32(5,6)7)28(25-20-22(2)19-23(3)21-25)29(36)34-26-14-16-27(39-8)17-15-26/h14-17,19-21,24,28H,9-13,18H2,1-8H3,(H,33,38)(H,34,36). The van der Waals surface area contributed by atoms with Crippen LogP contribution in [0.15, 0.2) is 42.5 Å². The molecule has 220 valence electrons. The summed E-state index contributed by atoms with van der Waals surface area (Å²) in [6.45, 7) is 13.4. The third-order valence-electron chi connectivity index (χ3n) is 6.37. The largest absolute Gasteiger partial charge is 0.497 e. The molecule has 0 heterocycles. The lowest BCUT2D eigenvalue weighted by Crippen LogP contribution is -2.51. The average Bonchev–Trinajstić information content (AvgIpc) is 2.86. The number of ether oxygens (including phenoxy) is 2. The third kappa shape index (κ3) is 10.5. The van der Waals surface area contributed by atoms with Crippen LogP contribution in [-0.2, 0) is 14.3 Å². The van der Waals surface area contributed by atoms with Crippen LogP contribution in [0.5, 0.6) is 5.75 Å². The molecule has 0 aliphatic rings. The Hall–Kier alpha value is -3.55. The Morgan fingerprint density at radius 1 is 0.925 bits per heavy atom. The Morgan fingerprint density at radius 3 is 2.08 bits per heavy atom. The third-order valence-corrected chi connectivity index (χ3v) is 6.37. The topological polar surface area (TPSA) is 97.0 Å². The minimum absolute atomic E-state index is 0.332. The first-order valence-electron chi connectivity index (χ1n) is 14.2. The molecule has 2 N–H and O–H groups in total. The van der Waals surface area contributed by atoms with Crippen LogP contribution in [0, 0.1) is 13.8 Å². The predicted octanol–water partition coefficient (Wildman–Crippen LogP) is 6.70. The minimum atomic E-state index is -0.901. The van der Waals surface area contributed by atoms with E-state index in [2.05, 4.69) is 17.6 Å². The van der Waals surface area contributed by atoms with Crippen LogP contribution in [0.2, 0.25) is 0 Å². The average molecular weight is 554 g/mol. The van der Waals surface area contributed by atoms with E-state index < -0.39 is 23.8 Å². The molecular formula is C32H47N3O5. The van der Waals surface area contributed by atoms with Crippen LogP contribution < -0.4 is 15.4 Å². The summed E-state index contributed by atoms with van der Waals surface area (Å²) in [5.74, 6) is -0.00767. The van der Waals surface area contributed by atoms with Crippen molar-refractivity contribution in [2.24, 2.45) is 0 Å². The number of alkyl carbamates (subject to hydrolysis) is 1. The molecule has 2 aromatic rings. The number of amides is 3. The van der Waals surface area contributed by atoms with Gasteiger partial charge in [-0.25, -0.2) is 4.79 Å². The normalized spacial score (nSPS) is 12.7. The second kappa shape index (κ2) is 15.3. The summed E-state index contributed by atoms with van der Waals surface area (Å²) in [6, 6.07) is 11.2. The van der Waals surface area contributed by atoms with E-state index in [-0.39, 0.29) is 11.8 Å². The molecule has 2 atom stereocenters. The van der Waals surface area contributed by atoms with E-state index in [1.54, 1.807) is 64.0 Å². The number of rotatable bonds is 13. The Balaban J connectivity index is 2.45. The van der Waals surface area contributed by atoms with Gasteiger partial charge in [0.25, 0.3) is 5.91 Å². The molecule has 2 rings (SSSR count). The maximum atomic E-state index is 14.0. The molecule has 8 nitrogen and oxygen atoms in total. The van der Waals surface area contributed by atoms with E-state index in [9.17, 15) is 14.4 Å². The monoisotopic (exact) mass is 553 g/mol. The molecule has 2 unspecified atom stereocenters. The number of hydrogen-bond acceptors (Lipinski definition) is 5. The zero-order chi connectivity index (χ0) is 29.9. The van der Waals surface area contributed by atoms with Crippen molar-refractivity contribution in [1.29, 1.82) is 0 Å². The number of unbranched alkanes of at least 4 members (excludes halogenated alkanes) is 4. The van der Waals surface area contributed by atoms with Gasteiger partial charge in [-0.3, -0.25) is 9.59 Å². The van der Waals surface area contributed by atoms with Gasteiger partial charge in [0.1, 0.15) is 23.4 Å². The molecule has 8 heteroatoms. The van der Waals surface area contributed by atoms with Gasteiger partial charge in [-0.15, -0.1) is 0 Å². The number of methoxy groups -OCH3 is 1. The van der Waals surface area contributed by atoms with Crippen molar-refractivity contribution in [3.8, 4) is 5.75 Å². The van der Waals surface area contributed by atoms with Crippen molar-refractivity contribution in [3.05, 3.63) is 59.2 Å². The molecule has 0 radical (unpaired) electrons. The van der Waals surface area contributed by atoms with Crippen LogP contribution in [0.4, 0.5) is 10.5 Å². The molecule has 40 heavy (non-hydrogen) atoms. The highest BCUT2D eigenvalue weighted by Crippen LogP contribution is 2.27. The van der Waals surface area contributed by atoms with Crippen LogP contribution in [0.1, 0.15) is 89.5 Å². The van der Waals surface area contributed by atoms with Gasteiger partial charge in [-0.1, -0.05) is 61.9 Å². The maximum Gasteiger partial charge on any atom is 0.408 e. The molecule has 0 aliphatic heterocycles. The zero-order valence-corrected chi connectivity index (χ0v) is 25.4. The summed E-state index contributed by atoms with van der Waals surface area (Å²) in [5.41, 5.74) is 2.59. The van der Waals surface area contributed by atoms with Gasteiger partial charge < -0.3 is 25.0 Å². The molecule has 0 spiro atoms. The van der Waals surface area contributed by atoms with E-state index >= 15 is 0 Å². The molecule has 0 aliphatic carbocycles. The summed E-state index contributed by atoms with van der Waals surface area (Å²) in [6.07, 6.45) is 4.27. The molecule has 0 bridgehead atoms. The van der Waals surface area contributed by atoms with Crippen LogP contribution in [0.3, 0.4) is 0 Å². The van der Waals surface area contributed by atoms with Crippen molar-refractivity contribution in [2.45, 2.75) is 98.3 Å². The lowest BCUT2D eigenvalue weighted by atomic mass is 9.98. The molecule has 3 amide bonds. The SMILES string of the molecule is CCCCCCCN(C(=O)C(C)NC(=O)OC(C)(C)C)C(C(=O)Nc1ccc(OC)cc1)c1cc(C)cc(C)c1. The van der Waals surface area contributed by atoms with E-state index in [4.69, 9.17) is 9.47 Å². The Labute approximate surface area is 239 Å². The fraction of sp³-hybridized carbons (Fsp3) is 0.531. The second-order valence-corrected chi connectivity index (χ2v) is 11.4. The molecule has 0 fully saturated rings. The van der Waals surface area contributed by atoms with Gasteiger partial charge >= 0.3 is 6.09 Å². The van der Waals surface area contributed by atoms with Crippen LogP contribution in [-0.4, -0.2) is 48.1 Å². The number of nitrogens with zero attached hydrogens (tertiary/aromatic N) is 1. The Kier molecular flexibility index (Phi) is 12.5. The number of carbonyl (C=O) groups excluding carboxylic acids is 3. The van der Waals surface area contributed by atoms with Crippen LogP contribution in [0.25, 0.3) is 0 Å². The number of nitrogens with one attached hydrogen (secondary N) is 2. The molecule has 0 aromatic heterocycles. The zero-order valence-electron chi connectivity index (χ0n) is 25.4. The summed E-state index contributed by atoms with van der Waals surface area (Å²) in [7, 11) is 1.58. The summed E-state index contributed by atoms with van der Waals surface area (Å²) < 4.78 is 10.6. The lowest BCUT2D eigenvalue weighted by molar-refractivity contribution is -0.140. The molecule has 0 saturated heterocycles. The van der Waals surface area contributed by atoms with Gasteiger partial charge in [0.15, 0.2) is 0 Å². The van der Waals surface area contributed by atoms with Gasteiger partial charge in [-0.05, 0) is 77.8 Å². The number of benzene rings is 2. The van der Waals surface area contributed by atoms with E-state index in [0.29, 0.717) is 18.0 Å². The van der Waals surface area contributed by atoms with Gasteiger partial charge in [0.05, 0.1) is 7.11 Å². The highest BCUT2D eigenvalue weighted by molar-refractivity contribution is 5.99. The number of carbonyl (C=O) groups is 3. The molecule has 2 aromatic carbocycles. The van der Waals surface area contributed by atoms with Gasteiger partial charge in [-0.2, -0.15) is 0 Å². The Bertz CT molecular complexity index is 1100. The number of anilines is 1. The maximum absolute atomic E-state index is 14.0. The smallest absolute Gasteiger partial charge is 0.408 e. The fourth-order valence-corrected chi connectivity index (χ4v) is 4.57. The van der Waals surface area contributed by atoms with E-state index in [0.717, 1.165) is 48.8 Å². The fourth-order valence-electron chi connectivity index (χ4n) is 4.57. The lowest BCUT2D eigenvalue weighted by Gasteiger charge is -2.34. The minimum Gasteiger partial charge on any atom is -0.497 e.